The van der Waals surface area contributed by atoms with Crippen LogP contribution in [-0.2, 0) is 0 Å². The van der Waals surface area contributed by atoms with Crippen LogP contribution < -0.4 is 5.32 Å². The summed E-state index contributed by atoms with van der Waals surface area (Å²) in [5.74, 6) is 0. The number of hydrogen-bond donors (Lipinski definition) is 1. The Hall–Kier alpha value is 0.210. The van der Waals surface area contributed by atoms with Gasteiger partial charge in [0.15, 0.2) is 0 Å². The van der Waals surface area contributed by atoms with E-state index in [4.69, 9.17) is 0 Å². The van der Waals surface area contributed by atoms with E-state index in [0.29, 0.717) is 0 Å². The number of likely N-dealkylation sites (tertiary alicyclic amines) is 1. The Morgan fingerprint density at radius 1 is 1.08 bits per heavy atom. The average Bonchev–Trinajstić information content (AvgIpc) is 2.58. The van der Waals surface area contributed by atoms with E-state index in [2.05, 4.69) is 10.2 Å². The second-order valence-electron chi connectivity index (χ2n) is 3.74. The number of halogens is 1. The van der Waals surface area contributed by atoms with Crippen molar-refractivity contribution >= 4 is 12.4 Å². The monoisotopic (exact) mass is 190 g/mol. The zero-order valence-electron chi connectivity index (χ0n) is 7.59. The first-order valence-corrected chi connectivity index (χ1v) is 4.91. The van der Waals surface area contributed by atoms with E-state index in [-0.39, 0.29) is 12.4 Å². The third-order valence-electron chi connectivity index (χ3n) is 2.94. The summed E-state index contributed by atoms with van der Waals surface area (Å²) in [4.78, 5) is 2.67. The fourth-order valence-electron chi connectivity index (χ4n) is 2.23. The molecule has 0 bridgehead atoms. The highest BCUT2D eigenvalue weighted by atomic mass is 35.5. The maximum atomic E-state index is 3.43. The lowest BCUT2D eigenvalue weighted by Gasteiger charge is -2.31. The fourth-order valence-corrected chi connectivity index (χ4v) is 2.23. The molecule has 1 atom stereocenters. The molecular weight excluding hydrogens is 172 g/mol. The second-order valence-corrected chi connectivity index (χ2v) is 3.74. The molecule has 0 aromatic carbocycles. The van der Waals surface area contributed by atoms with Gasteiger partial charge in [-0.15, -0.1) is 12.4 Å². The zero-order chi connectivity index (χ0) is 7.52. The van der Waals surface area contributed by atoms with Crippen molar-refractivity contribution in [1.29, 1.82) is 0 Å². The van der Waals surface area contributed by atoms with Crippen molar-refractivity contribution in [3.05, 3.63) is 0 Å². The average molecular weight is 191 g/mol. The second kappa shape index (κ2) is 5.05. The normalized spacial score (nSPS) is 31.5. The van der Waals surface area contributed by atoms with Gasteiger partial charge in [-0.05, 0) is 38.9 Å². The minimum absolute atomic E-state index is 0. The maximum Gasteiger partial charge on any atom is 0.0232 e. The Bertz CT molecular complexity index is 118. The molecule has 0 amide bonds. The van der Waals surface area contributed by atoms with Crippen LogP contribution in [0.2, 0.25) is 0 Å². The maximum absolute atomic E-state index is 3.43. The summed E-state index contributed by atoms with van der Waals surface area (Å²) in [5, 5.41) is 3.43. The zero-order valence-corrected chi connectivity index (χ0v) is 8.41. The van der Waals surface area contributed by atoms with Crippen molar-refractivity contribution in [1.82, 2.24) is 10.2 Å². The van der Waals surface area contributed by atoms with Crippen LogP contribution in [0.25, 0.3) is 0 Å². The SMILES string of the molecule is C1CCN([C@H]2CCNC2)CC1.Cl. The molecule has 0 aromatic heterocycles. The van der Waals surface area contributed by atoms with E-state index >= 15 is 0 Å². The van der Waals surface area contributed by atoms with Crippen molar-refractivity contribution < 1.29 is 0 Å². The molecule has 0 radical (unpaired) electrons. The summed E-state index contributed by atoms with van der Waals surface area (Å²) in [7, 11) is 0. The van der Waals surface area contributed by atoms with Crippen LogP contribution in [0, 0.1) is 0 Å². The molecule has 2 rings (SSSR count). The number of nitrogens with zero attached hydrogens (tertiary/aromatic N) is 1. The Morgan fingerprint density at radius 3 is 2.42 bits per heavy atom. The molecule has 0 aromatic rings. The minimum Gasteiger partial charge on any atom is -0.315 e. The van der Waals surface area contributed by atoms with Gasteiger partial charge in [-0.25, -0.2) is 0 Å². The molecule has 2 nitrogen and oxygen atoms in total. The van der Waals surface area contributed by atoms with Gasteiger partial charge < -0.3 is 5.32 Å². The van der Waals surface area contributed by atoms with E-state index in [1.54, 1.807) is 0 Å². The predicted molar refractivity (Wildman–Crippen MR) is 53.9 cm³/mol. The predicted octanol–water partition coefficient (Wildman–Crippen LogP) is 1.26. The quantitative estimate of drug-likeness (QED) is 0.670. The first-order valence-electron chi connectivity index (χ1n) is 4.91. The molecule has 3 heteroatoms. The van der Waals surface area contributed by atoms with Crippen LogP contribution in [0.15, 0.2) is 0 Å². The fraction of sp³-hybridized carbons (Fsp3) is 1.00. The lowest BCUT2D eigenvalue weighted by Crippen LogP contribution is -2.40. The molecule has 2 aliphatic rings. The van der Waals surface area contributed by atoms with Crippen LogP contribution >= 0.6 is 12.4 Å². The first-order chi connectivity index (χ1) is 5.47. The van der Waals surface area contributed by atoms with Crippen LogP contribution in [0.4, 0.5) is 0 Å². The summed E-state index contributed by atoms with van der Waals surface area (Å²) >= 11 is 0. The molecule has 2 aliphatic heterocycles. The van der Waals surface area contributed by atoms with Gasteiger partial charge in [-0.3, -0.25) is 4.90 Å². The van der Waals surface area contributed by atoms with Gasteiger partial charge in [-0.2, -0.15) is 0 Å². The molecule has 72 valence electrons. The highest BCUT2D eigenvalue weighted by molar-refractivity contribution is 5.85. The first kappa shape index (κ1) is 10.3. The van der Waals surface area contributed by atoms with Crippen LogP contribution in [-0.4, -0.2) is 37.1 Å². The minimum atomic E-state index is 0. The highest BCUT2D eigenvalue weighted by Crippen LogP contribution is 2.15. The van der Waals surface area contributed by atoms with Crippen molar-refractivity contribution in [3.8, 4) is 0 Å². The van der Waals surface area contributed by atoms with Gasteiger partial charge in [0.25, 0.3) is 0 Å². The van der Waals surface area contributed by atoms with Gasteiger partial charge in [-0.1, -0.05) is 6.42 Å². The van der Waals surface area contributed by atoms with Crippen molar-refractivity contribution in [2.45, 2.75) is 31.7 Å². The standard InChI is InChI=1S/C9H18N2.ClH/c1-2-6-11(7-3-1)9-4-5-10-8-9;/h9-10H,1-8H2;1H/t9-;/m0./s1. The molecular formula is C9H19ClN2. The van der Waals surface area contributed by atoms with E-state index in [1.165, 1.54) is 51.9 Å². The van der Waals surface area contributed by atoms with Gasteiger partial charge in [0, 0.05) is 12.6 Å². The van der Waals surface area contributed by atoms with Gasteiger partial charge in [0.1, 0.15) is 0 Å². The Kier molecular flexibility index (Phi) is 4.33. The van der Waals surface area contributed by atoms with Crippen LogP contribution in [0.1, 0.15) is 25.7 Å². The third-order valence-corrected chi connectivity index (χ3v) is 2.94. The van der Waals surface area contributed by atoms with Crippen molar-refractivity contribution in [2.75, 3.05) is 26.2 Å². The van der Waals surface area contributed by atoms with Gasteiger partial charge in [0.05, 0.1) is 0 Å². The number of piperidine rings is 1. The number of hydrogen-bond acceptors (Lipinski definition) is 2. The van der Waals surface area contributed by atoms with Gasteiger partial charge in [0.2, 0.25) is 0 Å². The molecule has 12 heavy (non-hydrogen) atoms. The Balaban J connectivity index is 0.000000720. The molecule has 0 unspecified atom stereocenters. The third kappa shape index (κ3) is 2.35. The van der Waals surface area contributed by atoms with Gasteiger partial charge >= 0.3 is 0 Å². The molecule has 0 saturated carbocycles. The molecule has 2 fully saturated rings. The van der Waals surface area contributed by atoms with Crippen LogP contribution in [0.3, 0.4) is 0 Å². The Labute approximate surface area is 81.1 Å². The summed E-state index contributed by atoms with van der Waals surface area (Å²) in [6, 6.07) is 0.871. The molecule has 1 N–H and O–H groups in total. The van der Waals surface area contributed by atoms with E-state index < -0.39 is 0 Å². The lowest BCUT2D eigenvalue weighted by molar-refractivity contribution is 0.173. The van der Waals surface area contributed by atoms with E-state index in [9.17, 15) is 0 Å². The molecule has 0 aliphatic carbocycles. The lowest BCUT2D eigenvalue weighted by atomic mass is 10.1. The summed E-state index contributed by atoms with van der Waals surface area (Å²) < 4.78 is 0. The number of nitrogens with one attached hydrogen (secondary N) is 1. The largest absolute Gasteiger partial charge is 0.315 e. The summed E-state index contributed by atoms with van der Waals surface area (Å²) in [5.41, 5.74) is 0. The topological polar surface area (TPSA) is 15.3 Å². The highest BCUT2D eigenvalue weighted by Gasteiger charge is 2.22. The molecule has 2 heterocycles. The summed E-state index contributed by atoms with van der Waals surface area (Å²) in [6.07, 6.45) is 5.68. The molecule has 2 saturated heterocycles. The smallest absolute Gasteiger partial charge is 0.0232 e. The van der Waals surface area contributed by atoms with E-state index in [0.717, 1.165) is 6.04 Å². The van der Waals surface area contributed by atoms with Crippen molar-refractivity contribution in [2.24, 2.45) is 0 Å². The van der Waals surface area contributed by atoms with Crippen LogP contribution in [0.5, 0.6) is 0 Å². The van der Waals surface area contributed by atoms with E-state index in [1.807, 2.05) is 0 Å². The molecule has 0 spiro atoms. The number of rotatable bonds is 1. The summed E-state index contributed by atoms with van der Waals surface area (Å²) in [6.45, 7) is 5.18. The Morgan fingerprint density at radius 2 is 1.83 bits per heavy atom. The van der Waals surface area contributed by atoms with Crippen molar-refractivity contribution in [3.63, 3.8) is 0 Å².